The monoisotopic (exact) mass is 227 g/mol. The Labute approximate surface area is 81.1 Å². The molecule has 1 heterocycles. The quantitative estimate of drug-likeness (QED) is 0.777. The van der Waals surface area contributed by atoms with Crippen LogP contribution in [-0.2, 0) is 6.54 Å². The SMILES string of the molecule is CCCn1n[c]c(Br)c1C1CC1. The highest BCUT2D eigenvalue weighted by Crippen LogP contribution is 2.42. The van der Waals surface area contributed by atoms with Crippen molar-refractivity contribution in [3.8, 4) is 0 Å². The molecule has 0 bridgehead atoms. The van der Waals surface area contributed by atoms with Crippen LogP contribution in [0.25, 0.3) is 0 Å². The lowest BCUT2D eigenvalue weighted by Gasteiger charge is -2.04. The maximum Gasteiger partial charge on any atom is 0.128 e. The van der Waals surface area contributed by atoms with Gasteiger partial charge in [-0.1, -0.05) is 6.92 Å². The fraction of sp³-hybridized carbons (Fsp3) is 0.667. The average Bonchev–Trinajstić information content (AvgIpc) is 2.80. The van der Waals surface area contributed by atoms with Crippen molar-refractivity contribution < 1.29 is 0 Å². The molecule has 0 unspecified atom stereocenters. The van der Waals surface area contributed by atoms with Crippen LogP contribution >= 0.6 is 15.9 Å². The Morgan fingerprint density at radius 2 is 2.42 bits per heavy atom. The van der Waals surface area contributed by atoms with Crippen molar-refractivity contribution in [3.63, 3.8) is 0 Å². The van der Waals surface area contributed by atoms with Crippen LogP contribution in [0.5, 0.6) is 0 Å². The van der Waals surface area contributed by atoms with E-state index in [9.17, 15) is 0 Å². The van der Waals surface area contributed by atoms with Crippen LogP contribution in [0.1, 0.15) is 37.8 Å². The number of aromatic nitrogens is 2. The zero-order valence-corrected chi connectivity index (χ0v) is 8.76. The number of halogens is 1. The molecule has 0 amide bonds. The zero-order chi connectivity index (χ0) is 8.55. The smallest absolute Gasteiger partial charge is 0.128 e. The summed E-state index contributed by atoms with van der Waals surface area (Å²) in [6, 6.07) is 0. The summed E-state index contributed by atoms with van der Waals surface area (Å²) < 4.78 is 3.15. The fourth-order valence-corrected chi connectivity index (χ4v) is 2.07. The second kappa shape index (κ2) is 3.21. The largest absolute Gasteiger partial charge is 0.267 e. The van der Waals surface area contributed by atoms with Crippen molar-refractivity contribution in [2.24, 2.45) is 0 Å². The van der Waals surface area contributed by atoms with Crippen LogP contribution in [0.2, 0.25) is 0 Å². The third-order valence-corrected chi connectivity index (χ3v) is 2.75. The molecule has 12 heavy (non-hydrogen) atoms. The van der Waals surface area contributed by atoms with Gasteiger partial charge in [0.1, 0.15) is 6.20 Å². The summed E-state index contributed by atoms with van der Waals surface area (Å²) in [4.78, 5) is 0. The van der Waals surface area contributed by atoms with E-state index in [1.54, 1.807) is 0 Å². The van der Waals surface area contributed by atoms with Gasteiger partial charge in [0.2, 0.25) is 0 Å². The number of nitrogens with zero attached hydrogens (tertiary/aromatic N) is 2. The van der Waals surface area contributed by atoms with Crippen molar-refractivity contribution in [1.29, 1.82) is 0 Å². The van der Waals surface area contributed by atoms with E-state index in [0.717, 1.165) is 23.4 Å². The minimum Gasteiger partial charge on any atom is -0.267 e. The Balaban J connectivity index is 2.27. The van der Waals surface area contributed by atoms with E-state index in [2.05, 4.69) is 38.8 Å². The van der Waals surface area contributed by atoms with Gasteiger partial charge in [0.15, 0.2) is 0 Å². The maximum absolute atomic E-state index is 4.21. The molecular weight excluding hydrogens is 216 g/mol. The van der Waals surface area contributed by atoms with Crippen LogP contribution in [0.4, 0.5) is 0 Å². The highest BCUT2D eigenvalue weighted by Gasteiger charge is 2.29. The summed E-state index contributed by atoms with van der Waals surface area (Å²) in [5.74, 6) is 0.754. The molecule has 1 aliphatic rings. The molecule has 2 nitrogen and oxygen atoms in total. The summed E-state index contributed by atoms with van der Waals surface area (Å²) >= 11 is 3.49. The van der Waals surface area contributed by atoms with Crippen LogP contribution < -0.4 is 0 Å². The standard InChI is InChI=1S/C9H12BrN2/c1-2-5-12-9(7-3-4-7)8(10)6-11-12/h7H,2-5H2,1H3. The molecule has 1 radical (unpaired) electrons. The van der Waals surface area contributed by atoms with Gasteiger partial charge in [-0.05, 0) is 35.2 Å². The topological polar surface area (TPSA) is 17.8 Å². The van der Waals surface area contributed by atoms with E-state index in [1.165, 1.54) is 18.5 Å². The van der Waals surface area contributed by atoms with Gasteiger partial charge in [-0.25, -0.2) is 0 Å². The Kier molecular flexibility index (Phi) is 2.22. The first-order valence-corrected chi connectivity index (χ1v) is 5.26. The van der Waals surface area contributed by atoms with Crippen LogP contribution in [0, 0.1) is 6.20 Å². The van der Waals surface area contributed by atoms with Crippen LogP contribution in [0.3, 0.4) is 0 Å². The highest BCUT2D eigenvalue weighted by molar-refractivity contribution is 9.10. The molecule has 0 aromatic carbocycles. The van der Waals surface area contributed by atoms with Gasteiger partial charge in [-0.2, -0.15) is 5.10 Å². The highest BCUT2D eigenvalue weighted by atomic mass is 79.9. The van der Waals surface area contributed by atoms with Gasteiger partial charge in [-0.3, -0.25) is 4.68 Å². The third kappa shape index (κ3) is 1.42. The molecule has 3 heteroatoms. The number of hydrogen-bond donors (Lipinski definition) is 0. The molecule has 0 atom stereocenters. The first-order chi connectivity index (χ1) is 5.83. The molecule has 1 aliphatic carbocycles. The van der Waals surface area contributed by atoms with E-state index < -0.39 is 0 Å². The second-order valence-corrected chi connectivity index (χ2v) is 4.10. The molecular formula is C9H12BrN2. The van der Waals surface area contributed by atoms with Gasteiger partial charge in [0, 0.05) is 12.5 Å². The molecule has 1 saturated carbocycles. The maximum atomic E-state index is 4.21. The predicted octanol–water partition coefficient (Wildman–Crippen LogP) is 2.73. The molecule has 65 valence electrons. The number of rotatable bonds is 3. The Morgan fingerprint density at radius 1 is 1.67 bits per heavy atom. The normalized spacial score (nSPS) is 16.8. The van der Waals surface area contributed by atoms with Crippen molar-refractivity contribution in [2.45, 2.75) is 38.6 Å². The number of aryl methyl sites for hydroxylation is 1. The van der Waals surface area contributed by atoms with Gasteiger partial charge in [0.25, 0.3) is 0 Å². The molecule has 1 fully saturated rings. The zero-order valence-electron chi connectivity index (χ0n) is 7.18. The summed E-state index contributed by atoms with van der Waals surface area (Å²) in [6.45, 7) is 3.19. The summed E-state index contributed by atoms with van der Waals surface area (Å²) in [7, 11) is 0. The molecule has 0 aliphatic heterocycles. The average molecular weight is 228 g/mol. The minimum absolute atomic E-state index is 0.754. The van der Waals surface area contributed by atoms with E-state index in [1.807, 2.05) is 0 Å². The van der Waals surface area contributed by atoms with Crippen molar-refractivity contribution in [3.05, 3.63) is 16.4 Å². The molecule has 0 saturated heterocycles. The third-order valence-electron chi connectivity index (χ3n) is 2.17. The van der Waals surface area contributed by atoms with Gasteiger partial charge < -0.3 is 0 Å². The van der Waals surface area contributed by atoms with Crippen molar-refractivity contribution >= 4 is 15.9 Å². The lowest BCUT2D eigenvalue weighted by atomic mass is 10.3. The van der Waals surface area contributed by atoms with Crippen molar-refractivity contribution in [1.82, 2.24) is 9.78 Å². The lowest BCUT2D eigenvalue weighted by Crippen LogP contribution is -2.03. The van der Waals surface area contributed by atoms with Gasteiger partial charge in [0.05, 0.1) is 10.2 Å². The van der Waals surface area contributed by atoms with Gasteiger partial charge >= 0.3 is 0 Å². The molecule has 2 rings (SSSR count). The van der Waals surface area contributed by atoms with Crippen LogP contribution in [-0.4, -0.2) is 9.78 Å². The summed E-state index contributed by atoms with van der Waals surface area (Å²) in [5, 5.41) is 4.21. The molecule has 1 aromatic rings. The molecule has 1 aromatic heterocycles. The van der Waals surface area contributed by atoms with Gasteiger partial charge in [-0.15, -0.1) is 0 Å². The first kappa shape index (κ1) is 8.30. The van der Waals surface area contributed by atoms with E-state index in [-0.39, 0.29) is 0 Å². The number of hydrogen-bond acceptors (Lipinski definition) is 1. The Bertz CT molecular complexity index is 276. The summed E-state index contributed by atoms with van der Waals surface area (Å²) in [6.07, 6.45) is 6.76. The molecule has 0 N–H and O–H groups in total. The van der Waals surface area contributed by atoms with E-state index in [4.69, 9.17) is 0 Å². The van der Waals surface area contributed by atoms with Crippen molar-refractivity contribution in [2.75, 3.05) is 0 Å². The Hall–Kier alpha value is -0.310. The lowest BCUT2D eigenvalue weighted by molar-refractivity contribution is 0.573. The predicted molar refractivity (Wildman–Crippen MR) is 51.0 cm³/mol. The summed E-state index contributed by atoms with van der Waals surface area (Å²) in [5.41, 5.74) is 1.36. The molecule has 0 spiro atoms. The minimum atomic E-state index is 0.754. The van der Waals surface area contributed by atoms with E-state index in [0.29, 0.717) is 0 Å². The van der Waals surface area contributed by atoms with E-state index >= 15 is 0 Å². The second-order valence-electron chi connectivity index (χ2n) is 3.31. The fourth-order valence-electron chi connectivity index (χ4n) is 1.46. The van der Waals surface area contributed by atoms with Crippen LogP contribution in [0.15, 0.2) is 4.47 Å². The Morgan fingerprint density at radius 3 is 3.00 bits per heavy atom. The first-order valence-electron chi connectivity index (χ1n) is 4.46.